The summed E-state index contributed by atoms with van der Waals surface area (Å²) < 4.78 is 35.2. The van der Waals surface area contributed by atoms with E-state index in [4.69, 9.17) is 10.8 Å². The van der Waals surface area contributed by atoms with Crippen LogP contribution < -0.4 is 5.73 Å². The largest absolute Gasteiger partial charge is 0.392 e. The van der Waals surface area contributed by atoms with Crippen molar-refractivity contribution in [2.24, 2.45) is 11.7 Å². The van der Waals surface area contributed by atoms with Crippen molar-refractivity contribution >= 4 is 0 Å². The van der Waals surface area contributed by atoms with E-state index in [9.17, 15) is 13.2 Å². The van der Waals surface area contributed by atoms with Gasteiger partial charge in [0.15, 0.2) is 0 Å². The summed E-state index contributed by atoms with van der Waals surface area (Å²) in [5.41, 5.74) is 5.18. The SMILES string of the molecule is CCC(CN)C(O)CC(F)(F)F. The Morgan fingerprint density at radius 2 is 1.92 bits per heavy atom. The van der Waals surface area contributed by atoms with Crippen LogP contribution in [0.2, 0.25) is 0 Å². The topological polar surface area (TPSA) is 46.2 Å². The second-order valence-electron chi connectivity index (χ2n) is 2.79. The minimum absolute atomic E-state index is 0.0910. The highest BCUT2D eigenvalue weighted by molar-refractivity contribution is 4.71. The van der Waals surface area contributed by atoms with Crippen LogP contribution in [0.1, 0.15) is 19.8 Å². The first-order valence-corrected chi connectivity index (χ1v) is 3.85. The predicted octanol–water partition coefficient (Wildman–Crippen LogP) is 1.28. The summed E-state index contributed by atoms with van der Waals surface area (Å²) in [6.07, 6.45) is -6.36. The molecule has 0 amide bonds. The molecular formula is C7H14F3NO. The molecule has 2 unspecified atom stereocenters. The molecule has 0 heterocycles. The van der Waals surface area contributed by atoms with Crippen molar-refractivity contribution in [3.8, 4) is 0 Å². The van der Waals surface area contributed by atoms with Crippen LogP contribution in [-0.4, -0.2) is 23.9 Å². The van der Waals surface area contributed by atoms with E-state index < -0.39 is 24.6 Å². The summed E-state index contributed by atoms with van der Waals surface area (Å²) in [6.45, 7) is 1.80. The third kappa shape index (κ3) is 4.56. The van der Waals surface area contributed by atoms with Gasteiger partial charge in [-0.3, -0.25) is 0 Å². The van der Waals surface area contributed by atoms with Crippen LogP contribution in [0, 0.1) is 5.92 Å². The third-order valence-corrected chi connectivity index (χ3v) is 1.81. The van der Waals surface area contributed by atoms with Gasteiger partial charge in [-0.15, -0.1) is 0 Å². The minimum atomic E-state index is -4.30. The average molecular weight is 185 g/mol. The Morgan fingerprint density at radius 3 is 2.17 bits per heavy atom. The van der Waals surface area contributed by atoms with E-state index in [0.29, 0.717) is 6.42 Å². The zero-order valence-corrected chi connectivity index (χ0v) is 6.93. The first-order valence-electron chi connectivity index (χ1n) is 3.85. The molecule has 0 aliphatic rings. The van der Waals surface area contributed by atoms with Gasteiger partial charge in [0.2, 0.25) is 0 Å². The van der Waals surface area contributed by atoms with Crippen LogP contribution in [0.5, 0.6) is 0 Å². The summed E-state index contributed by atoms with van der Waals surface area (Å²) in [6, 6.07) is 0. The normalized spacial score (nSPS) is 17.5. The highest BCUT2D eigenvalue weighted by Crippen LogP contribution is 2.25. The van der Waals surface area contributed by atoms with Gasteiger partial charge in [-0.1, -0.05) is 6.92 Å². The molecule has 0 rings (SSSR count). The lowest BCUT2D eigenvalue weighted by atomic mass is 9.97. The molecule has 0 fully saturated rings. The molecule has 3 N–H and O–H groups in total. The summed E-state index contributed by atoms with van der Waals surface area (Å²) >= 11 is 0. The predicted molar refractivity (Wildman–Crippen MR) is 39.5 cm³/mol. The fourth-order valence-corrected chi connectivity index (χ4v) is 1.000. The number of rotatable bonds is 4. The Kier molecular flexibility index (Phi) is 4.55. The summed E-state index contributed by atoms with van der Waals surface area (Å²) in [5.74, 6) is -0.452. The lowest BCUT2D eigenvalue weighted by molar-refractivity contribution is -0.159. The van der Waals surface area contributed by atoms with Crippen LogP contribution >= 0.6 is 0 Å². The number of nitrogens with two attached hydrogens (primary N) is 1. The minimum Gasteiger partial charge on any atom is -0.392 e. The first kappa shape index (κ1) is 11.7. The highest BCUT2D eigenvalue weighted by atomic mass is 19.4. The van der Waals surface area contributed by atoms with Crippen LogP contribution in [0.4, 0.5) is 13.2 Å². The zero-order valence-electron chi connectivity index (χ0n) is 6.93. The molecule has 12 heavy (non-hydrogen) atoms. The van der Waals surface area contributed by atoms with Crippen molar-refractivity contribution in [2.45, 2.75) is 32.0 Å². The highest BCUT2D eigenvalue weighted by Gasteiger charge is 2.33. The number of hydrogen-bond donors (Lipinski definition) is 2. The summed E-state index contributed by atoms with van der Waals surface area (Å²) in [5, 5.41) is 9.04. The molecule has 0 radical (unpaired) electrons. The fraction of sp³-hybridized carbons (Fsp3) is 1.00. The number of aliphatic hydroxyl groups excluding tert-OH is 1. The molecule has 0 saturated heterocycles. The molecule has 0 aromatic rings. The second-order valence-corrected chi connectivity index (χ2v) is 2.79. The van der Waals surface area contributed by atoms with Gasteiger partial charge in [0.25, 0.3) is 0 Å². The van der Waals surface area contributed by atoms with Gasteiger partial charge in [0.05, 0.1) is 12.5 Å². The van der Waals surface area contributed by atoms with Crippen molar-refractivity contribution in [1.82, 2.24) is 0 Å². The Labute approximate surface area is 69.6 Å². The van der Waals surface area contributed by atoms with Gasteiger partial charge < -0.3 is 10.8 Å². The van der Waals surface area contributed by atoms with E-state index in [1.54, 1.807) is 6.92 Å². The Hall–Kier alpha value is -0.290. The van der Waals surface area contributed by atoms with E-state index in [2.05, 4.69) is 0 Å². The molecule has 2 nitrogen and oxygen atoms in total. The van der Waals surface area contributed by atoms with Gasteiger partial charge in [0, 0.05) is 0 Å². The molecule has 0 bridgehead atoms. The molecule has 0 aromatic heterocycles. The maximum Gasteiger partial charge on any atom is 0.391 e. The molecule has 0 aliphatic carbocycles. The Balaban J connectivity index is 3.92. The van der Waals surface area contributed by atoms with Crippen LogP contribution in [0.3, 0.4) is 0 Å². The lowest BCUT2D eigenvalue weighted by Crippen LogP contribution is -2.31. The second kappa shape index (κ2) is 4.67. The van der Waals surface area contributed by atoms with Crippen LogP contribution in [0.25, 0.3) is 0 Å². The van der Waals surface area contributed by atoms with Gasteiger partial charge in [0.1, 0.15) is 0 Å². The monoisotopic (exact) mass is 185 g/mol. The number of aliphatic hydroxyl groups is 1. The zero-order chi connectivity index (χ0) is 9.78. The number of alkyl halides is 3. The number of hydrogen-bond acceptors (Lipinski definition) is 2. The van der Waals surface area contributed by atoms with Crippen molar-refractivity contribution in [1.29, 1.82) is 0 Å². The van der Waals surface area contributed by atoms with Crippen molar-refractivity contribution < 1.29 is 18.3 Å². The van der Waals surface area contributed by atoms with Gasteiger partial charge in [-0.25, -0.2) is 0 Å². The lowest BCUT2D eigenvalue weighted by Gasteiger charge is -2.20. The number of halogens is 3. The molecule has 2 atom stereocenters. The van der Waals surface area contributed by atoms with E-state index in [1.165, 1.54) is 0 Å². The average Bonchev–Trinajstić information content (AvgIpc) is 1.85. The van der Waals surface area contributed by atoms with E-state index in [1.807, 2.05) is 0 Å². The quantitative estimate of drug-likeness (QED) is 0.693. The molecule has 5 heteroatoms. The van der Waals surface area contributed by atoms with Gasteiger partial charge >= 0.3 is 6.18 Å². The maximum atomic E-state index is 11.7. The van der Waals surface area contributed by atoms with Gasteiger partial charge in [-0.05, 0) is 18.9 Å². The molecule has 0 aliphatic heterocycles. The molecule has 0 saturated carbocycles. The molecular weight excluding hydrogens is 171 g/mol. The molecule has 74 valence electrons. The first-order chi connectivity index (χ1) is 5.40. The van der Waals surface area contributed by atoms with E-state index in [0.717, 1.165) is 0 Å². The van der Waals surface area contributed by atoms with Gasteiger partial charge in [-0.2, -0.15) is 13.2 Å². The smallest absolute Gasteiger partial charge is 0.391 e. The van der Waals surface area contributed by atoms with E-state index in [-0.39, 0.29) is 6.54 Å². The summed E-state index contributed by atoms with van der Waals surface area (Å²) in [7, 11) is 0. The Morgan fingerprint density at radius 1 is 1.42 bits per heavy atom. The maximum absolute atomic E-state index is 11.7. The summed E-state index contributed by atoms with van der Waals surface area (Å²) in [4.78, 5) is 0. The fourth-order valence-electron chi connectivity index (χ4n) is 1.000. The molecule has 0 spiro atoms. The van der Waals surface area contributed by atoms with Crippen LogP contribution in [-0.2, 0) is 0 Å². The van der Waals surface area contributed by atoms with Crippen LogP contribution in [0.15, 0.2) is 0 Å². The standard InChI is InChI=1S/C7H14F3NO/c1-2-5(4-11)6(12)3-7(8,9)10/h5-6,12H,2-4,11H2,1H3. The van der Waals surface area contributed by atoms with Crippen molar-refractivity contribution in [2.75, 3.05) is 6.54 Å². The van der Waals surface area contributed by atoms with E-state index >= 15 is 0 Å². The third-order valence-electron chi connectivity index (χ3n) is 1.81. The Bertz CT molecular complexity index is 122. The van der Waals surface area contributed by atoms with Crippen molar-refractivity contribution in [3.05, 3.63) is 0 Å². The molecule has 0 aromatic carbocycles. The van der Waals surface area contributed by atoms with Crippen molar-refractivity contribution in [3.63, 3.8) is 0 Å².